The van der Waals surface area contributed by atoms with Gasteiger partial charge in [0.1, 0.15) is 18.1 Å². The molecule has 2 saturated carbocycles. The number of benzene rings is 2. The predicted octanol–water partition coefficient (Wildman–Crippen LogP) is 7.92. The van der Waals surface area contributed by atoms with Gasteiger partial charge >= 0.3 is 5.97 Å². The van der Waals surface area contributed by atoms with E-state index in [4.69, 9.17) is 14.5 Å². The summed E-state index contributed by atoms with van der Waals surface area (Å²) in [6, 6.07) is 12.7. The standard InChI is InChI=1S/C58H74F2N8O6/c1-6-67-46-18-17-38-29-42(46)43(51(67)41-13-9-21-61-47(41)34(2)73-5)30-57(3,4)33-74-56(72)44-14-10-22-68(64-44)54(70)45(27-35-25-39(38)28-40(26-35)52(59)60)62-53(69)50(37-11-7-8-12-37)65-23-19-58(31-65)20-24-66(32-58)55(71)49-48(63-49)36-15-16-36/h9,13,17-18,21,25-26,28-29,34,36-37,44-45,48-50,52,63-64H,6-8,10-12,14-16,19-20,22-24,27,30-33H2,1-5H3,(H,62,69)/t34-,44-,45-,48+,49+,50-,58-/m0/s1. The number of hydrazine groups is 1. The summed E-state index contributed by atoms with van der Waals surface area (Å²) in [6.07, 6.45) is 8.02. The molecule has 11 rings (SSSR count). The molecule has 7 atom stereocenters. The number of nitrogens with one attached hydrogen (secondary N) is 3. The molecule has 14 nitrogen and oxygen atoms in total. The third kappa shape index (κ3) is 10.0. The number of carbonyl (C=O) groups is 4. The molecule has 5 aliphatic heterocycles. The van der Waals surface area contributed by atoms with E-state index in [1.807, 2.05) is 36.1 Å². The maximum atomic E-state index is 15.2. The van der Waals surface area contributed by atoms with Gasteiger partial charge in [-0.05, 0) is 143 Å². The average molecular weight is 1020 g/mol. The Bertz CT molecular complexity index is 2810. The zero-order chi connectivity index (χ0) is 51.6. The van der Waals surface area contributed by atoms with Gasteiger partial charge < -0.3 is 24.3 Å². The molecule has 4 aromatic rings. The van der Waals surface area contributed by atoms with E-state index in [0.29, 0.717) is 68.5 Å². The first kappa shape index (κ1) is 50.8. The first-order valence-electron chi connectivity index (χ1n) is 27.5. The van der Waals surface area contributed by atoms with E-state index in [-0.39, 0.29) is 60.4 Å². The fourth-order valence-electron chi connectivity index (χ4n) is 13.5. The minimum Gasteiger partial charge on any atom is -0.464 e. The molecule has 4 saturated heterocycles. The van der Waals surface area contributed by atoms with Crippen LogP contribution in [0, 0.1) is 22.7 Å². The molecule has 396 valence electrons. The largest absolute Gasteiger partial charge is 0.464 e. The van der Waals surface area contributed by atoms with E-state index in [1.165, 1.54) is 30.0 Å². The first-order chi connectivity index (χ1) is 35.6. The van der Waals surface area contributed by atoms with E-state index < -0.39 is 41.8 Å². The SMILES string of the molecule is CCn1c(-c2cccnc2[C@H](C)OC)c2c3cc(ccc31)-c1cc(cc(C(F)F)c1)C[C@H](NC(=O)[C@H](C1CCCC1)N1CC[C@]3(CCN(C(=O)[C@@H]4N[C@@H]4C4CC4)C3)C1)C(=O)N1CCC[C@H](N1)C(=O)OCC(C)(C)C2. The van der Waals surface area contributed by atoms with Crippen molar-refractivity contribution in [3.05, 3.63) is 77.1 Å². The van der Waals surface area contributed by atoms with Crippen LogP contribution in [0.3, 0.4) is 0 Å². The van der Waals surface area contributed by atoms with Crippen LogP contribution in [0.15, 0.2) is 54.7 Å². The molecule has 2 aromatic carbocycles. The Hall–Kier alpha value is -5.29. The van der Waals surface area contributed by atoms with Crippen molar-refractivity contribution >= 4 is 34.6 Å². The summed E-state index contributed by atoms with van der Waals surface area (Å²) >= 11 is 0. The molecular formula is C58H74F2N8O6. The number of alkyl halides is 2. The molecule has 0 radical (unpaired) electrons. The lowest BCUT2D eigenvalue weighted by Gasteiger charge is -2.37. The van der Waals surface area contributed by atoms with Crippen LogP contribution in [0.4, 0.5) is 8.78 Å². The number of pyridine rings is 1. The number of fused-ring (bicyclic) bond motifs is 6. The van der Waals surface area contributed by atoms with Crippen LogP contribution in [-0.2, 0) is 48.0 Å². The van der Waals surface area contributed by atoms with Crippen LogP contribution >= 0.6 is 0 Å². The summed E-state index contributed by atoms with van der Waals surface area (Å²) in [6.45, 7) is 12.0. The molecule has 1 spiro atoms. The third-order valence-electron chi connectivity index (χ3n) is 17.7. The van der Waals surface area contributed by atoms with Gasteiger partial charge in [-0.25, -0.2) is 14.2 Å². The van der Waals surface area contributed by atoms with E-state index in [1.54, 1.807) is 13.3 Å². The highest BCUT2D eigenvalue weighted by molar-refractivity contribution is 5.96. The number of hydrogen-bond acceptors (Lipinski definition) is 10. The molecule has 3 N–H and O–H groups in total. The second-order valence-corrected chi connectivity index (χ2v) is 23.6. The normalized spacial score (nSPS) is 27.5. The topological polar surface area (TPSA) is 160 Å². The Labute approximate surface area is 433 Å². The van der Waals surface area contributed by atoms with Crippen LogP contribution in [0.5, 0.6) is 0 Å². The van der Waals surface area contributed by atoms with Crippen molar-refractivity contribution < 1.29 is 37.4 Å². The molecule has 7 aliphatic rings. The van der Waals surface area contributed by atoms with Gasteiger partial charge in [-0.15, -0.1) is 0 Å². The molecule has 7 heterocycles. The molecule has 6 bridgehead atoms. The number of rotatable bonds is 11. The Morgan fingerprint density at radius 1 is 0.959 bits per heavy atom. The maximum Gasteiger partial charge on any atom is 0.324 e. The fraction of sp³-hybridized carbons (Fsp3) is 0.603. The number of nitrogens with zero attached hydrogens (tertiary/aromatic N) is 5. The van der Waals surface area contributed by atoms with Crippen molar-refractivity contribution in [2.24, 2.45) is 22.7 Å². The van der Waals surface area contributed by atoms with Gasteiger partial charge in [-0.1, -0.05) is 44.9 Å². The van der Waals surface area contributed by atoms with Crippen molar-refractivity contribution in [2.45, 2.75) is 154 Å². The second-order valence-electron chi connectivity index (χ2n) is 23.6. The van der Waals surface area contributed by atoms with Crippen molar-refractivity contribution in [2.75, 3.05) is 46.4 Å². The monoisotopic (exact) mass is 1020 g/mol. The number of methoxy groups -OCH3 is 1. The number of halogens is 2. The number of aromatic nitrogens is 2. The summed E-state index contributed by atoms with van der Waals surface area (Å²) in [5, 5.41) is 9.05. The van der Waals surface area contributed by atoms with E-state index in [0.717, 1.165) is 84.1 Å². The second kappa shape index (κ2) is 20.3. The number of cyclic esters (lactones) is 1. The van der Waals surface area contributed by atoms with Crippen LogP contribution in [-0.4, -0.2) is 125 Å². The molecular weight excluding hydrogens is 943 g/mol. The lowest BCUT2D eigenvalue weighted by molar-refractivity contribution is -0.155. The summed E-state index contributed by atoms with van der Waals surface area (Å²) in [5.41, 5.74) is 8.75. The smallest absolute Gasteiger partial charge is 0.324 e. The Balaban J connectivity index is 0.954. The fourth-order valence-corrected chi connectivity index (χ4v) is 13.5. The molecule has 2 aliphatic carbocycles. The van der Waals surface area contributed by atoms with Gasteiger partial charge in [0.25, 0.3) is 12.3 Å². The molecule has 2 aromatic heterocycles. The van der Waals surface area contributed by atoms with Crippen LogP contribution in [0.25, 0.3) is 33.3 Å². The highest BCUT2D eigenvalue weighted by Gasteiger charge is 2.55. The van der Waals surface area contributed by atoms with E-state index >= 15 is 18.4 Å². The van der Waals surface area contributed by atoms with Crippen molar-refractivity contribution in [3.63, 3.8) is 0 Å². The number of amides is 3. The average Bonchev–Trinajstić information content (AvgIpc) is 4.21. The van der Waals surface area contributed by atoms with Crippen molar-refractivity contribution in [3.8, 4) is 22.4 Å². The van der Waals surface area contributed by atoms with Gasteiger partial charge in [-0.3, -0.25) is 39.4 Å². The summed E-state index contributed by atoms with van der Waals surface area (Å²) in [7, 11) is 1.66. The highest BCUT2D eigenvalue weighted by atomic mass is 19.3. The predicted molar refractivity (Wildman–Crippen MR) is 278 cm³/mol. The maximum absolute atomic E-state index is 15.2. The minimum atomic E-state index is -2.80. The van der Waals surface area contributed by atoms with Crippen LogP contribution in [0.1, 0.15) is 127 Å². The van der Waals surface area contributed by atoms with Crippen molar-refractivity contribution in [1.29, 1.82) is 0 Å². The number of hydrogen-bond donors (Lipinski definition) is 3. The van der Waals surface area contributed by atoms with Crippen molar-refractivity contribution in [1.82, 2.24) is 40.4 Å². The molecule has 3 amide bonds. The summed E-state index contributed by atoms with van der Waals surface area (Å²) < 4.78 is 44.6. The van der Waals surface area contributed by atoms with Gasteiger partial charge in [0, 0.05) is 91.4 Å². The van der Waals surface area contributed by atoms with E-state index in [9.17, 15) is 9.59 Å². The number of esters is 1. The number of carbonyl (C=O) groups excluding carboxylic acids is 4. The van der Waals surface area contributed by atoms with Gasteiger partial charge in [0.15, 0.2) is 0 Å². The Morgan fingerprint density at radius 2 is 1.76 bits per heavy atom. The Morgan fingerprint density at radius 3 is 2.51 bits per heavy atom. The molecule has 0 unspecified atom stereocenters. The highest BCUT2D eigenvalue weighted by Crippen LogP contribution is 2.46. The van der Waals surface area contributed by atoms with Crippen LogP contribution in [0.2, 0.25) is 0 Å². The molecule has 16 heteroatoms. The zero-order valence-electron chi connectivity index (χ0n) is 43.8. The van der Waals surface area contributed by atoms with Gasteiger partial charge in [0.05, 0.1) is 30.1 Å². The Kier molecular flexibility index (Phi) is 14.0. The molecule has 6 fully saturated rings. The first-order valence-corrected chi connectivity index (χ1v) is 27.5. The lowest BCUT2D eigenvalue weighted by Crippen LogP contribution is -2.62. The number of aryl methyl sites for hydroxylation is 1. The van der Waals surface area contributed by atoms with E-state index in [2.05, 4.69) is 58.4 Å². The van der Waals surface area contributed by atoms with Gasteiger partial charge in [-0.2, -0.15) is 0 Å². The lowest BCUT2D eigenvalue weighted by atomic mass is 9.84. The quantitative estimate of drug-likeness (QED) is 0.0996. The summed E-state index contributed by atoms with van der Waals surface area (Å²) in [5.74, 6) is -0.245. The third-order valence-corrected chi connectivity index (χ3v) is 17.7. The summed E-state index contributed by atoms with van der Waals surface area (Å²) in [4.78, 5) is 67.2. The van der Waals surface area contributed by atoms with Gasteiger partial charge in [0.2, 0.25) is 11.8 Å². The zero-order valence-corrected chi connectivity index (χ0v) is 43.8. The van der Waals surface area contributed by atoms with Crippen LogP contribution < -0.4 is 16.1 Å². The minimum absolute atomic E-state index is 0.0552. The number of ether oxygens (including phenoxy) is 2. The number of likely N-dealkylation sites (tertiary alicyclic amines) is 2. The molecule has 74 heavy (non-hydrogen) atoms.